The monoisotopic (exact) mass is 521 g/mol. The molecule has 0 N–H and O–H groups in total. The molecule has 3 aromatic rings. The maximum absolute atomic E-state index is 13.8. The molecule has 2 aromatic heterocycles. The summed E-state index contributed by atoms with van der Waals surface area (Å²) in [6.07, 6.45) is 12.9. The molecule has 1 aliphatic carbocycles. The van der Waals surface area contributed by atoms with E-state index in [2.05, 4.69) is 9.97 Å². The van der Waals surface area contributed by atoms with E-state index < -0.39 is 0 Å². The smallest absolute Gasteiger partial charge is 0.234 e. The molecule has 9 heteroatoms. The molecular formula is C28H32ClN5O3. The van der Waals surface area contributed by atoms with E-state index in [0.29, 0.717) is 42.5 Å². The molecule has 2 fully saturated rings. The fourth-order valence-corrected chi connectivity index (χ4v) is 6.41. The molecule has 0 bridgehead atoms. The summed E-state index contributed by atoms with van der Waals surface area (Å²) in [5, 5.41) is 0.682. The van der Waals surface area contributed by atoms with E-state index in [0.717, 1.165) is 55.5 Å². The van der Waals surface area contributed by atoms with Gasteiger partial charge in [0.05, 0.1) is 11.7 Å². The van der Waals surface area contributed by atoms with Gasteiger partial charge in [-0.15, -0.1) is 0 Å². The third-order valence-corrected chi connectivity index (χ3v) is 8.39. The molecule has 1 aromatic carbocycles. The molecule has 3 aliphatic rings. The quantitative estimate of drug-likeness (QED) is 0.474. The highest BCUT2D eigenvalue weighted by atomic mass is 35.5. The molecule has 1 saturated carbocycles. The van der Waals surface area contributed by atoms with Crippen LogP contribution < -0.4 is 4.74 Å². The van der Waals surface area contributed by atoms with Gasteiger partial charge in [0.1, 0.15) is 12.4 Å². The number of nitrogens with zero attached hydrogens (tertiary/aromatic N) is 5. The molecule has 8 nitrogen and oxygen atoms in total. The fourth-order valence-electron chi connectivity index (χ4n) is 6.15. The topological polar surface area (TPSA) is 80.0 Å². The number of fused-ring (bicyclic) bond motifs is 2. The summed E-state index contributed by atoms with van der Waals surface area (Å²) >= 11 is 6.71. The van der Waals surface area contributed by atoms with Crippen molar-refractivity contribution in [3.05, 3.63) is 58.6 Å². The molecule has 37 heavy (non-hydrogen) atoms. The van der Waals surface area contributed by atoms with Gasteiger partial charge in [-0.1, -0.05) is 30.9 Å². The van der Waals surface area contributed by atoms with E-state index >= 15 is 0 Å². The third kappa shape index (κ3) is 4.79. The number of hydrogen-bond acceptors (Lipinski definition) is 5. The lowest BCUT2D eigenvalue weighted by Gasteiger charge is -2.42. The number of benzene rings is 1. The van der Waals surface area contributed by atoms with Crippen LogP contribution in [0.2, 0.25) is 5.02 Å². The normalized spacial score (nSPS) is 20.5. The van der Waals surface area contributed by atoms with Crippen molar-refractivity contribution < 1.29 is 14.3 Å². The minimum absolute atomic E-state index is 0.0566. The second-order valence-corrected chi connectivity index (χ2v) is 10.8. The number of aromatic nitrogens is 3. The molecule has 194 valence electrons. The zero-order chi connectivity index (χ0) is 25.4. The number of carbonyl (C=O) groups is 2. The van der Waals surface area contributed by atoms with Crippen LogP contribution in [0.15, 0.2) is 36.8 Å². The predicted octanol–water partition coefficient (Wildman–Crippen LogP) is 4.59. The first-order valence-electron chi connectivity index (χ1n) is 13.4. The van der Waals surface area contributed by atoms with Crippen molar-refractivity contribution in [3.63, 3.8) is 0 Å². The lowest BCUT2D eigenvalue weighted by Crippen LogP contribution is -2.48. The zero-order valence-corrected chi connectivity index (χ0v) is 21.7. The number of ether oxygens (including phenoxy) is 1. The van der Waals surface area contributed by atoms with Gasteiger partial charge in [-0.3, -0.25) is 14.0 Å². The van der Waals surface area contributed by atoms with Crippen molar-refractivity contribution in [3.8, 4) is 5.75 Å². The van der Waals surface area contributed by atoms with E-state index in [1.165, 1.54) is 6.42 Å². The first-order valence-corrected chi connectivity index (χ1v) is 13.8. The van der Waals surface area contributed by atoms with Crippen molar-refractivity contribution in [2.24, 2.45) is 5.92 Å². The number of rotatable bonds is 6. The maximum Gasteiger partial charge on any atom is 0.234 e. The Morgan fingerprint density at radius 1 is 1.11 bits per heavy atom. The molecule has 1 saturated heterocycles. The van der Waals surface area contributed by atoms with Crippen LogP contribution in [-0.2, 0) is 22.6 Å². The second kappa shape index (κ2) is 10.3. The van der Waals surface area contributed by atoms with Crippen LogP contribution in [0.3, 0.4) is 0 Å². The molecule has 1 atom stereocenters. The van der Waals surface area contributed by atoms with Gasteiger partial charge in [-0.2, -0.15) is 0 Å². The van der Waals surface area contributed by atoms with Crippen molar-refractivity contribution in [2.75, 3.05) is 19.6 Å². The van der Waals surface area contributed by atoms with E-state index in [9.17, 15) is 9.59 Å². The second-order valence-electron chi connectivity index (χ2n) is 10.4. The lowest BCUT2D eigenvalue weighted by atomic mass is 9.85. The Hall–Kier alpha value is -3.13. The Morgan fingerprint density at radius 3 is 2.76 bits per heavy atom. The number of hydrogen-bond donors (Lipinski definition) is 0. The van der Waals surface area contributed by atoms with Gasteiger partial charge in [0.25, 0.3) is 0 Å². The summed E-state index contributed by atoms with van der Waals surface area (Å²) in [6, 6.07) is 5.34. The number of carbonyl (C=O) groups excluding carboxylic acids is 2. The highest BCUT2D eigenvalue weighted by Gasteiger charge is 2.39. The molecular weight excluding hydrogens is 490 g/mol. The Labute approximate surface area is 221 Å². The van der Waals surface area contributed by atoms with E-state index in [4.69, 9.17) is 16.3 Å². The van der Waals surface area contributed by atoms with Gasteiger partial charge in [-0.05, 0) is 49.4 Å². The van der Waals surface area contributed by atoms with E-state index in [1.807, 2.05) is 44.8 Å². The Bertz CT molecular complexity index is 1290. The molecule has 0 radical (unpaired) electrons. The molecule has 0 unspecified atom stereocenters. The van der Waals surface area contributed by atoms with Gasteiger partial charge >= 0.3 is 0 Å². The number of halogens is 1. The largest absolute Gasteiger partial charge is 0.487 e. The van der Waals surface area contributed by atoms with Crippen LogP contribution in [-0.4, -0.2) is 55.6 Å². The van der Waals surface area contributed by atoms with Gasteiger partial charge in [0.2, 0.25) is 17.6 Å². The maximum atomic E-state index is 13.8. The fraction of sp³-hybridized carbons (Fsp3) is 0.500. The summed E-state index contributed by atoms with van der Waals surface area (Å²) < 4.78 is 8.23. The minimum Gasteiger partial charge on any atom is -0.487 e. The number of likely N-dealkylation sites (tertiary alicyclic amines) is 1. The summed E-state index contributed by atoms with van der Waals surface area (Å²) in [7, 11) is 0. The van der Waals surface area contributed by atoms with Gasteiger partial charge in [0.15, 0.2) is 0 Å². The summed E-state index contributed by atoms with van der Waals surface area (Å²) in [5.41, 5.74) is 2.71. The zero-order valence-electron chi connectivity index (χ0n) is 20.9. The standard InChI is InChI=1S/C28H32ClN5O3/c29-22-9-10-24(37-18-20-16-33-14-5-12-30-28(33)31-20)26-21(22)11-15-34(27(36)19-6-2-1-3-7-19)23(26)17-32-13-4-8-25(32)35/h5,9-10,12,14,16,19,23H,1-4,6-8,11,13,15,17-18H2/t23-/m1/s1. The average molecular weight is 522 g/mol. The Balaban J connectivity index is 1.34. The molecule has 6 rings (SSSR count). The van der Waals surface area contributed by atoms with Crippen molar-refractivity contribution in [1.82, 2.24) is 24.2 Å². The third-order valence-electron chi connectivity index (χ3n) is 8.04. The minimum atomic E-state index is -0.281. The van der Waals surface area contributed by atoms with E-state index in [1.54, 1.807) is 6.20 Å². The van der Waals surface area contributed by atoms with Gasteiger partial charge in [-0.25, -0.2) is 9.97 Å². The van der Waals surface area contributed by atoms with Gasteiger partial charge < -0.3 is 14.5 Å². The summed E-state index contributed by atoms with van der Waals surface area (Å²) in [4.78, 5) is 39.2. The highest BCUT2D eigenvalue weighted by Crippen LogP contribution is 2.42. The Morgan fingerprint density at radius 2 is 1.97 bits per heavy atom. The van der Waals surface area contributed by atoms with Crippen molar-refractivity contribution in [2.45, 2.75) is 64.0 Å². The average Bonchev–Trinajstić information content (AvgIpc) is 3.54. The lowest BCUT2D eigenvalue weighted by molar-refractivity contribution is -0.141. The van der Waals surface area contributed by atoms with Crippen LogP contribution in [0.1, 0.15) is 67.8 Å². The van der Waals surface area contributed by atoms with Crippen LogP contribution >= 0.6 is 11.6 Å². The molecule has 2 amide bonds. The predicted molar refractivity (Wildman–Crippen MR) is 139 cm³/mol. The van der Waals surface area contributed by atoms with Crippen LogP contribution in [0.25, 0.3) is 5.78 Å². The van der Waals surface area contributed by atoms with Crippen LogP contribution in [0.4, 0.5) is 0 Å². The van der Waals surface area contributed by atoms with Crippen LogP contribution in [0, 0.1) is 5.92 Å². The summed E-state index contributed by atoms with van der Waals surface area (Å²) in [6.45, 7) is 2.07. The van der Waals surface area contributed by atoms with Crippen molar-refractivity contribution in [1.29, 1.82) is 0 Å². The van der Waals surface area contributed by atoms with Crippen molar-refractivity contribution >= 4 is 29.2 Å². The number of amides is 2. The van der Waals surface area contributed by atoms with Gasteiger partial charge in [0, 0.05) is 61.1 Å². The molecule has 0 spiro atoms. The SMILES string of the molecule is O=C1CCCN1C[C@@H]1c2c(OCc3cn4cccnc4n3)ccc(Cl)c2CCN1C(=O)C1CCCCC1. The first-order chi connectivity index (χ1) is 18.1. The number of imidazole rings is 1. The molecule has 2 aliphatic heterocycles. The van der Waals surface area contributed by atoms with E-state index in [-0.39, 0.29) is 30.4 Å². The molecule has 4 heterocycles. The summed E-state index contributed by atoms with van der Waals surface area (Å²) in [5.74, 6) is 1.73. The Kier molecular flexibility index (Phi) is 6.76. The highest BCUT2D eigenvalue weighted by molar-refractivity contribution is 6.31. The first kappa shape index (κ1) is 24.2. The van der Waals surface area contributed by atoms with Crippen LogP contribution in [0.5, 0.6) is 5.75 Å².